The molecular formula is C25H37N3O4. The molecule has 0 radical (unpaired) electrons. The summed E-state index contributed by atoms with van der Waals surface area (Å²) < 4.78 is 0. The largest absolute Gasteiger partial charge is 0.393 e. The summed E-state index contributed by atoms with van der Waals surface area (Å²) in [7, 11) is 0. The first-order chi connectivity index (χ1) is 15.5. The zero-order valence-corrected chi connectivity index (χ0v) is 18.9. The lowest BCUT2D eigenvalue weighted by Gasteiger charge is -2.40. The van der Waals surface area contributed by atoms with Crippen molar-refractivity contribution in [3.05, 3.63) is 35.4 Å². The number of hydrogen-bond acceptors (Lipinski definition) is 5. The van der Waals surface area contributed by atoms with Gasteiger partial charge in [-0.05, 0) is 68.1 Å². The Hall–Kier alpha value is -1.96. The molecular weight excluding hydrogens is 406 g/mol. The van der Waals surface area contributed by atoms with Crippen LogP contribution in [0.2, 0.25) is 0 Å². The van der Waals surface area contributed by atoms with Crippen LogP contribution in [0, 0.1) is 5.92 Å². The third-order valence-corrected chi connectivity index (χ3v) is 7.88. The molecule has 176 valence electrons. The summed E-state index contributed by atoms with van der Waals surface area (Å²) in [5.74, 6) is 0.203. The monoisotopic (exact) mass is 443 g/mol. The maximum atomic E-state index is 12.7. The van der Waals surface area contributed by atoms with Crippen LogP contribution in [0.4, 0.5) is 0 Å². The van der Waals surface area contributed by atoms with E-state index in [9.17, 15) is 19.8 Å². The topological polar surface area (TPSA) is 107 Å². The predicted octanol–water partition coefficient (Wildman–Crippen LogP) is 1.87. The van der Waals surface area contributed by atoms with Crippen LogP contribution >= 0.6 is 0 Å². The summed E-state index contributed by atoms with van der Waals surface area (Å²) in [4.78, 5) is 28.6. The number of primary amides is 1. The molecule has 4 atom stereocenters. The summed E-state index contributed by atoms with van der Waals surface area (Å²) in [6.45, 7) is 1.56. The van der Waals surface area contributed by atoms with Gasteiger partial charge in [-0.2, -0.15) is 0 Å². The number of nitrogens with zero attached hydrogens (tertiary/aromatic N) is 2. The number of carbonyl (C=O) groups is 2. The Bertz CT molecular complexity index is 796. The molecule has 1 unspecified atom stereocenters. The highest BCUT2D eigenvalue weighted by Crippen LogP contribution is 2.43. The number of carbonyl (C=O) groups excluding carboxylic acids is 2. The Morgan fingerprint density at radius 2 is 1.81 bits per heavy atom. The number of aliphatic hydroxyl groups is 2. The SMILES string of the molecule is NC(=O)c1cccc(C2C[C@H]3CC[C@@H](C2)N3CCN(CC2CCCC2)C(=O)[C@H](O)CO)c1. The maximum absolute atomic E-state index is 12.7. The zero-order chi connectivity index (χ0) is 22.7. The molecule has 2 amide bonds. The van der Waals surface area contributed by atoms with Gasteiger partial charge in [-0.15, -0.1) is 0 Å². The highest BCUT2D eigenvalue weighted by Gasteiger charge is 2.41. The van der Waals surface area contributed by atoms with E-state index >= 15 is 0 Å². The molecule has 1 aliphatic carbocycles. The van der Waals surface area contributed by atoms with E-state index in [0.717, 1.165) is 45.1 Å². The van der Waals surface area contributed by atoms with Gasteiger partial charge in [-0.25, -0.2) is 0 Å². The number of fused-ring (bicyclic) bond motifs is 2. The average molecular weight is 444 g/mol. The summed E-state index contributed by atoms with van der Waals surface area (Å²) >= 11 is 0. The zero-order valence-electron chi connectivity index (χ0n) is 18.9. The van der Waals surface area contributed by atoms with Crippen molar-refractivity contribution in [3.63, 3.8) is 0 Å². The number of amides is 2. The molecule has 2 saturated heterocycles. The smallest absolute Gasteiger partial charge is 0.253 e. The number of piperidine rings is 1. The number of rotatable bonds is 9. The Morgan fingerprint density at radius 1 is 1.12 bits per heavy atom. The van der Waals surface area contributed by atoms with Crippen LogP contribution < -0.4 is 5.73 Å². The molecule has 1 saturated carbocycles. The predicted molar refractivity (Wildman–Crippen MR) is 122 cm³/mol. The minimum Gasteiger partial charge on any atom is -0.393 e. The molecule has 1 aromatic carbocycles. The number of hydrogen-bond donors (Lipinski definition) is 3. The molecule has 4 N–H and O–H groups in total. The third-order valence-electron chi connectivity index (χ3n) is 7.88. The Morgan fingerprint density at radius 3 is 2.44 bits per heavy atom. The number of aliphatic hydroxyl groups excluding tert-OH is 2. The van der Waals surface area contributed by atoms with E-state index in [2.05, 4.69) is 11.0 Å². The fourth-order valence-electron chi connectivity index (χ4n) is 6.18. The van der Waals surface area contributed by atoms with Crippen molar-refractivity contribution >= 4 is 11.8 Å². The van der Waals surface area contributed by atoms with Gasteiger partial charge in [0.1, 0.15) is 0 Å². The number of benzene rings is 1. The van der Waals surface area contributed by atoms with Crippen LogP contribution in [0.1, 0.15) is 73.2 Å². The third kappa shape index (κ3) is 5.16. The molecule has 7 nitrogen and oxygen atoms in total. The maximum Gasteiger partial charge on any atom is 0.253 e. The first-order valence-corrected chi connectivity index (χ1v) is 12.2. The highest BCUT2D eigenvalue weighted by molar-refractivity contribution is 5.92. The summed E-state index contributed by atoms with van der Waals surface area (Å²) in [5, 5.41) is 19.2. The Labute approximate surface area is 190 Å². The molecule has 1 aromatic rings. The molecule has 0 aromatic heterocycles. The van der Waals surface area contributed by atoms with Gasteiger partial charge < -0.3 is 20.8 Å². The quantitative estimate of drug-likeness (QED) is 0.540. The Balaban J connectivity index is 1.38. The van der Waals surface area contributed by atoms with Crippen molar-refractivity contribution in [2.45, 2.75) is 75.5 Å². The molecule has 3 fully saturated rings. The van der Waals surface area contributed by atoms with Gasteiger partial charge in [0.15, 0.2) is 6.10 Å². The summed E-state index contributed by atoms with van der Waals surface area (Å²) in [6.07, 6.45) is 7.80. The van der Waals surface area contributed by atoms with E-state index in [1.165, 1.54) is 18.4 Å². The van der Waals surface area contributed by atoms with Crippen molar-refractivity contribution < 1.29 is 19.8 Å². The van der Waals surface area contributed by atoms with Crippen LogP contribution in [-0.4, -0.2) is 76.3 Å². The van der Waals surface area contributed by atoms with Crippen LogP contribution in [-0.2, 0) is 4.79 Å². The van der Waals surface area contributed by atoms with E-state index in [1.807, 2.05) is 12.1 Å². The van der Waals surface area contributed by atoms with Gasteiger partial charge in [0.2, 0.25) is 5.91 Å². The minimum atomic E-state index is -1.32. The average Bonchev–Trinajstić information content (AvgIpc) is 3.40. The summed E-state index contributed by atoms with van der Waals surface area (Å²) in [6, 6.07) is 8.68. The lowest BCUT2D eigenvalue weighted by atomic mass is 9.84. The Kier molecular flexibility index (Phi) is 7.48. The second-order valence-electron chi connectivity index (χ2n) is 9.91. The van der Waals surface area contributed by atoms with Gasteiger partial charge in [0.25, 0.3) is 5.91 Å². The molecule has 2 heterocycles. The molecule has 2 bridgehead atoms. The minimum absolute atomic E-state index is 0.343. The van der Waals surface area contributed by atoms with Gasteiger partial charge in [0.05, 0.1) is 6.61 Å². The van der Waals surface area contributed by atoms with E-state index < -0.39 is 12.7 Å². The lowest BCUT2D eigenvalue weighted by molar-refractivity contribution is -0.143. The van der Waals surface area contributed by atoms with Crippen molar-refractivity contribution in [1.29, 1.82) is 0 Å². The van der Waals surface area contributed by atoms with Crippen molar-refractivity contribution in [3.8, 4) is 0 Å². The standard InChI is InChI=1S/C25H37N3O4/c26-24(31)19-7-3-6-18(12-19)20-13-21-8-9-22(14-20)28(21)11-10-27(25(32)23(30)16-29)15-17-4-1-2-5-17/h3,6-7,12,17,20-23,29-30H,1-2,4-5,8-11,13-16H2,(H2,26,31)/t20?,21-,22+,23-/m1/s1. The van der Waals surface area contributed by atoms with Crippen LogP contribution in [0.15, 0.2) is 24.3 Å². The van der Waals surface area contributed by atoms with E-state index in [0.29, 0.717) is 42.6 Å². The number of nitrogens with two attached hydrogens (primary N) is 1. The molecule has 4 rings (SSSR count). The molecule has 2 aliphatic heterocycles. The fraction of sp³-hybridized carbons (Fsp3) is 0.680. The fourth-order valence-corrected chi connectivity index (χ4v) is 6.18. The normalized spacial score (nSPS) is 26.9. The molecule has 0 spiro atoms. The van der Waals surface area contributed by atoms with E-state index in [-0.39, 0.29) is 11.8 Å². The van der Waals surface area contributed by atoms with Gasteiger partial charge >= 0.3 is 0 Å². The second kappa shape index (κ2) is 10.3. The molecule has 7 heteroatoms. The first kappa shape index (κ1) is 23.2. The van der Waals surface area contributed by atoms with E-state index in [4.69, 9.17) is 5.73 Å². The molecule has 32 heavy (non-hydrogen) atoms. The van der Waals surface area contributed by atoms with Gasteiger partial charge in [0, 0.05) is 37.3 Å². The highest BCUT2D eigenvalue weighted by atomic mass is 16.3. The van der Waals surface area contributed by atoms with Crippen molar-refractivity contribution in [2.24, 2.45) is 11.7 Å². The van der Waals surface area contributed by atoms with Crippen LogP contribution in [0.3, 0.4) is 0 Å². The van der Waals surface area contributed by atoms with Crippen molar-refractivity contribution in [1.82, 2.24) is 9.80 Å². The van der Waals surface area contributed by atoms with Crippen LogP contribution in [0.5, 0.6) is 0 Å². The van der Waals surface area contributed by atoms with Crippen molar-refractivity contribution in [2.75, 3.05) is 26.2 Å². The van der Waals surface area contributed by atoms with Crippen LogP contribution in [0.25, 0.3) is 0 Å². The second-order valence-corrected chi connectivity index (χ2v) is 9.91. The van der Waals surface area contributed by atoms with E-state index in [1.54, 1.807) is 11.0 Å². The first-order valence-electron chi connectivity index (χ1n) is 12.2. The summed E-state index contributed by atoms with van der Waals surface area (Å²) in [5.41, 5.74) is 7.24. The van der Waals surface area contributed by atoms with Gasteiger partial charge in [-0.1, -0.05) is 25.0 Å². The lowest BCUT2D eigenvalue weighted by Crippen LogP contribution is -2.49. The molecule has 3 aliphatic rings. The van der Waals surface area contributed by atoms with Gasteiger partial charge in [-0.3, -0.25) is 14.5 Å².